The third-order valence-corrected chi connectivity index (χ3v) is 5.90. The van der Waals surface area contributed by atoms with Crippen LogP contribution in [0.15, 0.2) is 30.3 Å². The van der Waals surface area contributed by atoms with Gasteiger partial charge < -0.3 is 15.1 Å². The summed E-state index contributed by atoms with van der Waals surface area (Å²) in [6, 6.07) is 9.23. The molecule has 2 aliphatic heterocycles. The first-order chi connectivity index (χ1) is 13.4. The smallest absolute Gasteiger partial charge is 0.247 e. The maximum atomic E-state index is 13.2. The Hall–Kier alpha value is -1.88. The summed E-state index contributed by atoms with van der Waals surface area (Å²) in [6.45, 7) is 10.4. The molecule has 2 saturated heterocycles. The van der Waals surface area contributed by atoms with Crippen LogP contribution >= 0.6 is 0 Å². The van der Waals surface area contributed by atoms with Gasteiger partial charge in [0.1, 0.15) is 6.04 Å². The van der Waals surface area contributed by atoms with Gasteiger partial charge in [0.15, 0.2) is 0 Å². The Morgan fingerprint density at radius 3 is 2.46 bits per heavy atom. The molecule has 28 heavy (non-hydrogen) atoms. The average molecular weight is 386 g/mol. The monoisotopic (exact) mass is 385 g/mol. The lowest BCUT2D eigenvalue weighted by Crippen LogP contribution is -2.51. The fourth-order valence-corrected chi connectivity index (χ4v) is 4.90. The number of carbonyl (C=O) groups is 2. The van der Waals surface area contributed by atoms with Gasteiger partial charge in [-0.05, 0) is 43.6 Å². The Morgan fingerprint density at radius 2 is 1.82 bits per heavy atom. The zero-order chi connectivity index (χ0) is 20.1. The summed E-state index contributed by atoms with van der Waals surface area (Å²) in [7, 11) is 0. The molecule has 0 radical (unpaired) electrons. The first-order valence-corrected chi connectivity index (χ1v) is 10.8. The van der Waals surface area contributed by atoms with Crippen molar-refractivity contribution in [3.63, 3.8) is 0 Å². The molecule has 2 heterocycles. The van der Waals surface area contributed by atoms with E-state index in [4.69, 9.17) is 0 Å². The van der Waals surface area contributed by atoms with E-state index < -0.39 is 6.04 Å². The van der Waals surface area contributed by atoms with Gasteiger partial charge in [-0.2, -0.15) is 0 Å². The fraction of sp³-hybridized carbons (Fsp3) is 0.652. The Balaban J connectivity index is 1.68. The van der Waals surface area contributed by atoms with E-state index in [0.717, 1.165) is 38.0 Å². The number of hydrogen-bond acceptors (Lipinski definition) is 3. The summed E-state index contributed by atoms with van der Waals surface area (Å²) < 4.78 is 0. The highest BCUT2D eigenvalue weighted by Crippen LogP contribution is 2.26. The molecule has 4 unspecified atom stereocenters. The number of piperidine rings is 2. The number of benzene rings is 1. The molecule has 154 valence electrons. The second kappa shape index (κ2) is 9.55. The zero-order valence-electron chi connectivity index (χ0n) is 17.6. The van der Waals surface area contributed by atoms with Crippen molar-refractivity contribution in [1.29, 1.82) is 0 Å². The second-order valence-electron chi connectivity index (χ2n) is 8.93. The molecule has 0 aromatic heterocycles. The van der Waals surface area contributed by atoms with Crippen LogP contribution in [0, 0.1) is 11.8 Å². The minimum absolute atomic E-state index is 0.0519. The van der Waals surface area contributed by atoms with Gasteiger partial charge in [-0.15, -0.1) is 0 Å². The Kier molecular flexibility index (Phi) is 7.11. The molecule has 0 spiro atoms. The third kappa shape index (κ3) is 5.34. The number of amides is 2. The lowest BCUT2D eigenvalue weighted by atomic mass is 9.91. The highest BCUT2D eigenvalue weighted by atomic mass is 16.2. The van der Waals surface area contributed by atoms with Crippen molar-refractivity contribution >= 4 is 11.8 Å². The van der Waals surface area contributed by atoms with Crippen LogP contribution in [0.25, 0.3) is 0 Å². The molecule has 1 N–H and O–H groups in total. The van der Waals surface area contributed by atoms with Crippen molar-refractivity contribution in [2.24, 2.45) is 11.8 Å². The molecule has 0 aliphatic carbocycles. The van der Waals surface area contributed by atoms with Crippen molar-refractivity contribution < 1.29 is 9.59 Å². The molecule has 3 rings (SSSR count). The summed E-state index contributed by atoms with van der Waals surface area (Å²) in [4.78, 5) is 30.0. The highest BCUT2D eigenvalue weighted by Gasteiger charge is 2.33. The fourth-order valence-electron chi connectivity index (χ4n) is 4.90. The number of nitrogens with one attached hydrogen (secondary N) is 1. The van der Waals surface area contributed by atoms with Gasteiger partial charge >= 0.3 is 0 Å². The lowest BCUT2D eigenvalue weighted by molar-refractivity contribution is -0.143. The number of likely N-dealkylation sites (tertiary alicyclic amines) is 2. The second-order valence-corrected chi connectivity index (χ2v) is 8.93. The lowest BCUT2D eigenvalue weighted by Gasteiger charge is -2.37. The Morgan fingerprint density at radius 1 is 1.14 bits per heavy atom. The molecule has 0 saturated carbocycles. The van der Waals surface area contributed by atoms with Crippen molar-refractivity contribution in [2.75, 3.05) is 26.2 Å². The van der Waals surface area contributed by atoms with Crippen molar-refractivity contribution in [3.05, 3.63) is 35.9 Å². The molecule has 1 aromatic carbocycles. The van der Waals surface area contributed by atoms with Crippen LogP contribution in [0.4, 0.5) is 0 Å². The van der Waals surface area contributed by atoms with Crippen molar-refractivity contribution in [2.45, 2.75) is 58.5 Å². The molecular formula is C23H35N3O2. The van der Waals surface area contributed by atoms with Gasteiger partial charge in [0.25, 0.3) is 0 Å². The Labute approximate surface area is 169 Å². The van der Waals surface area contributed by atoms with E-state index in [0.29, 0.717) is 24.8 Å². The summed E-state index contributed by atoms with van der Waals surface area (Å²) in [5, 5.41) is 3.20. The van der Waals surface area contributed by atoms with Gasteiger partial charge in [0.2, 0.25) is 11.8 Å². The molecule has 2 amide bonds. The minimum atomic E-state index is -0.532. The van der Waals surface area contributed by atoms with Crippen LogP contribution in [0.2, 0.25) is 0 Å². The SMILES string of the molecule is CC1CC(C)CN(CC(C)NC(=O)C(c2ccccc2)N2CCCCC2=O)C1. The van der Waals surface area contributed by atoms with E-state index in [1.807, 2.05) is 30.3 Å². The maximum absolute atomic E-state index is 13.2. The molecule has 5 nitrogen and oxygen atoms in total. The van der Waals surface area contributed by atoms with Crippen LogP contribution in [-0.4, -0.2) is 53.8 Å². The summed E-state index contributed by atoms with van der Waals surface area (Å²) in [5.41, 5.74) is 0.891. The molecular weight excluding hydrogens is 350 g/mol. The van der Waals surface area contributed by atoms with Gasteiger partial charge in [-0.1, -0.05) is 44.2 Å². The molecule has 0 bridgehead atoms. The number of carbonyl (C=O) groups excluding carboxylic acids is 2. The highest BCUT2D eigenvalue weighted by molar-refractivity contribution is 5.89. The topological polar surface area (TPSA) is 52.7 Å². The molecule has 2 fully saturated rings. The summed E-state index contributed by atoms with van der Waals surface area (Å²) >= 11 is 0. The molecule has 4 atom stereocenters. The first kappa shape index (κ1) is 20.8. The van der Waals surface area contributed by atoms with Crippen LogP contribution < -0.4 is 5.32 Å². The van der Waals surface area contributed by atoms with Crippen LogP contribution in [0.1, 0.15) is 58.1 Å². The van der Waals surface area contributed by atoms with Crippen molar-refractivity contribution in [1.82, 2.24) is 15.1 Å². The normalized spacial score (nSPS) is 26.0. The number of nitrogens with zero attached hydrogens (tertiary/aromatic N) is 2. The first-order valence-electron chi connectivity index (χ1n) is 10.8. The van der Waals surface area contributed by atoms with Crippen LogP contribution in [-0.2, 0) is 9.59 Å². The molecule has 1 aromatic rings. The van der Waals surface area contributed by atoms with E-state index in [2.05, 4.69) is 31.0 Å². The van der Waals surface area contributed by atoms with Gasteiger partial charge in [-0.25, -0.2) is 0 Å². The van der Waals surface area contributed by atoms with E-state index in [1.165, 1.54) is 6.42 Å². The summed E-state index contributed by atoms with van der Waals surface area (Å²) in [5.74, 6) is 1.43. The largest absolute Gasteiger partial charge is 0.350 e. The standard InChI is InChI=1S/C23H35N3O2/c1-17-13-18(2)15-25(14-17)16-19(3)24-23(28)22(20-9-5-4-6-10-20)26-12-8-7-11-21(26)27/h4-6,9-10,17-19,22H,7-8,11-16H2,1-3H3,(H,24,28). The van der Waals surface area contributed by atoms with Crippen molar-refractivity contribution in [3.8, 4) is 0 Å². The minimum Gasteiger partial charge on any atom is -0.350 e. The van der Waals surface area contributed by atoms with E-state index in [9.17, 15) is 9.59 Å². The van der Waals surface area contributed by atoms with Crippen LogP contribution in [0.5, 0.6) is 0 Å². The van der Waals surface area contributed by atoms with Gasteiger partial charge in [-0.3, -0.25) is 9.59 Å². The zero-order valence-corrected chi connectivity index (χ0v) is 17.6. The van der Waals surface area contributed by atoms with E-state index >= 15 is 0 Å². The number of hydrogen-bond donors (Lipinski definition) is 1. The molecule has 5 heteroatoms. The van der Waals surface area contributed by atoms with E-state index in [-0.39, 0.29) is 17.9 Å². The van der Waals surface area contributed by atoms with Gasteiger partial charge in [0.05, 0.1) is 0 Å². The summed E-state index contributed by atoms with van der Waals surface area (Å²) in [6.07, 6.45) is 3.70. The third-order valence-electron chi connectivity index (χ3n) is 5.90. The predicted molar refractivity (Wildman–Crippen MR) is 112 cm³/mol. The maximum Gasteiger partial charge on any atom is 0.247 e. The average Bonchev–Trinajstić information content (AvgIpc) is 2.63. The quantitative estimate of drug-likeness (QED) is 0.818. The Bertz CT molecular complexity index is 653. The predicted octanol–water partition coefficient (Wildman–Crippen LogP) is 3.22. The number of rotatable bonds is 6. The van der Waals surface area contributed by atoms with E-state index in [1.54, 1.807) is 4.90 Å². The van der Waals surface area contributed by atoms with Gasteiger partial charge in [0, 0.05) is 38.6 Å². The van der Waals surface area contributed by atoms with Crippen LogP contribution in [0.3, 0.4) is 0 Å². The molecule has 2 aliphatic rings.